The molecular formula is C12H24B2O3. The molecule has 1 aliphatic carbocycles. The van der Waals surface area contributed by atoms with E-state index in [-0.39, 0.29) is 24.4 Å². The maximum absolute atomic E-state index is 9.28. The average molecular weight is 238 g/mol. The van der Waals surface area contributed by atoms with E-state index < -0.39 is 6.10 Å². The quantitative estimate of drug-likeness (QED) is 0.631. The van der Waals surface area contributed by atoms with Crippen LogP contribution in [-0.2, 0) is 0 Å². The number of aliphatic hydroxyl groups is 3. The molecule has 0 saturated heterocycles. The first-order valence-corrected chi connectivity index (χ1v) is 6.40. The molecule has 5 atom stereocenters. The fourth-order valence-corrected chi connectivity index (χ4v) is 2.08. The van der Waals surface area contributed by atoms with E-state index in [0.717, 1.165) is 19.3 Å². The fourth-order valence-electron chi connectivity index (χ4n) is 2.08. The third kappa shape index (κ3) is 5.94. The van der Waals surface area contributed by atoms with E-state index in [1.54, 1.807) is 6.92 Å². The zero-order valence-corrected chi connectivity index (χ0v) is 10.9. The van der Waals surface area contributed by atoms with Gasteiger partial charge in [-0.15, -0.1) is 0 Å². The molecule has 0 aromatic heterocycles. The highest BCUT2D eigenvalue weighted by molar-refractivity contribution is 6.12. The van der Waals surface area contributed by atoms with Crippen LogP contribution in [0, 0.1) is 11.8 Å². The highest BCUT2D eigenvalue weighted by atomic mass is 16.3. The van der Waals surface area contributed by atoms with Gasteiger partial charge in [0.1, 0.15) is 0 Å². The van der Waals surface area contributed by atoms with Gasteiger partial charge in [0.05, 0.1) is 27.9 Å². The summed E-state index contributed by atoms with van der Waals surface area (Å²) in [5.41, 5.74) is 0. The second-order valence-corrected chi connectivity index (χ2v) is 4.80. The predicted molar refractivity (Wildman–Crippen MR) is 71.3 cm³/mol. The third-order valence-electron chi connectivity index (χ3n) is 3.53. The molecule has 1 aliphatic rings. The lowest BCUT2D eigenvalue weighted by Crippen LogP contribution is -2.19. The summed E-state index contributed by atoms with van der Waals surface area (Å²) in [6, 6.07) is 0. The largest absolute Gasteiger partial charge is 0.396 e. The van der Waals surface area contributed by atoms with E-state index >= 15 is 0 Å². The zero-order valence-electron chi connectivity index (χ0n) is 10.9. The molecule has 0 aromatic carbocycles. The SMILES string of the molecule is [B]C1CCC(O)C1CC.[B]CC(CO)C(C)O. The molecule has 0 aromatic rings. The average Bonchev–Trinajstić information content (AvgIpc) is 2.60. The Labute approximate surface area is 107 Å². The van der Waals surface area contributed by atoms with Gasteiger partial charge in [0.2, 0.25) is 0 Å². The van der Waals surface area contributed by atoms with Crippen LogP contribution in [-0.4, -0.2) is 49.8 Å². The molecule has 0 aliphatic heterocycles. The molecule has 5 unspecified atom stereocenters. The van der Waals surface area contributed by atoms with Crippen LogP contribution < -0.4 is 0 Å². The van der Waals surface area contributed by atoms with Crippen molar-refractivity contribution in [1.82, 2.24) is 0 Å². The monoisotopic (exact) mass is 238 g/mol. The molecule has 0 spiro atoms. The lowest BCUT2D eigenvalue weighted by molar-refractivity contribution is 0.0917. The van der Waals surface area contributed by atoms with Crippen molar-refractivity contribution in [2.75, 3.05) is 6.61 Å². The number of hydrogen-bond donors (Lipinski definition) is 3. The minimum atomic E-state index is -0.495. The van der Waals surface area contributed by atoms with Crippen LogP contribution in [0.15, 0.2) is 0 Å². The molecule has 5 heteroatoms. The molecule has 0 bridgehead atoms. The van der Waals surface area contributed by atoms with Crippen molar-refractivity contribution in [3.63, 3.8) is 0 Å². The van der Waals surface area contributed by atoms with E-state index in [1.165, 1.54) is 0 Å². The molecule has 1 rings (SSSR count). The molecule has 96 valence electrons. The zero-order chi connectivity index (χ0) is 13.4. The molecule has 17 heavy (non-hydrogen) atoms. The first kappa shape index (κ1) is 17.0. The molecule has 1 fully saturated rings. The first-order chi connectivity index (χ1) is 7.97. The summed E-state index contributed by atoms with van der Waals surface area (Å²) in [7, 11) is 10.9. The van der Waals surface area contributed by atoms with Crippen LogP contribution in [0.4, 0.5) is 0 Å². The summed E-state index contributed by atoms with van der Waals surface area (Å²) >= 11 is 0. The van der Waals surface area contributed by atoms with Crippen molar-refractivity contribution >= 4 is 15.7 Å². The minimum absolute atomic E-state index is 0.0336. The van der Waals surface area contributed by atoms with E-state index in [1.807, 2.05) is 0 Å². The smallest absolute Gasteiger partial charge is 0.0704 e. The van der Waals surface area contributed by atoms with Gasteiger partial charge >= 0.3 is 0 Å². The van der Waals surface area contributed by atoms with Crippen molar-refractivity contribution in [3.05, 3.63) is 0 Å². The lowest BCUT2D eigenvalue weighted by atomic mass is 9.77. The Hall–Kier alpha value is 0.00987. The normalized spacial score (nSPS) is 31.5. The van der Waals surface area contributed by atoms with E-state index in [4.69, 9.17) is 25.9 Å². The van der Waals surface area contributed by atoms with Crippen LogP contribution in [0.5, 0.6) is 0 Å². The summed E-state index contributed by atoms with van der Waals surface area (Å²) in [4.78, 5) is 0. The van der Waals surface area contributed by atoms with Gasteiger partial charge in [-0.3, -0.25) is 0 Å². The van der Waals surface area contributed by atoms with Crippen molar-refractivity contribution in [1.29, 1.82) is 0 Å². The number of rotatable bonds is 4. The van der Waals surface area contributed by atoms with Gasteiger partial charge in [-0.05, 0) is 19.3 Å². The van der Waals surface area contributed by atoms with Gasteiger partial charge in [-0.25, -0.2) is 0 Å². The molecule has 4 radical (unpaired) electrons. The highest BCUT2D eigenvalue weighted by Crippen LogP contribution is 2.36. The van der Waals surface area contributed by atoms with Gasteiger partial charge in [0.25, 0.3) is 0 Å². The molecule has 0 amide bonds. The molecule has 3 nitrogen and oxygen atoms in total. The van der Waals surface area contributed by atoms with Crippen LogP contribution in [0.25, 0.3) is 0 Å². The van der Waals surface area contributed by atoms with Crippen molar-refractivity contribution in [2.45, 2.75) is 57.5 Å². The maximum atomic E-state index is 9.28. The van der Waals surface area contributed by atoms with E-state index in [0.29, 0.717) is 12.2 Å². The van der Waals surface area contributed by atoms with Crippen molar-refractivity contribution in [2.24, 2.45) is 11.8 Å². The standard InChI is InChI=1S/C7H13BO.C5H11BO2/c1-2-5-6(8)3-4-7(5)9;1-4(8)5(2-6)3-7/h5-7,9H,2-4H2,1H3;4-5,7-8H,2-3H2,1H3. The second-order valence-electron chi connectivity index (χ2n) is 4.80. The van der Waals surface area contributed by atoms with Gasteiger partial charge < -0.3 is 15.3 Å². The summed E-state index contributed by atoms with van der Waals surface area (Å²) < 4.78 is 0. The molecular weight excluding hydrogens is 214 g/mol. The lowest BCUT2D eigenvalue weighted by Gasteiger charge is -2.15. The van der Waals surface area contributed by atoms with E-state index in [9.17, 15) is 5.11 Å². The van der Waals surface area contributed by atoms with E-state index in [2.05, 4.69) is 6.92 Å². The van der Waals surface area contributed by atoms with Gasteiger partial charge in [-0.1, -0.05) is 31.9 Å². The maximum Gasteiger partial charge on any atom is 0.0704 e. The third-order valence-corrected chi connectivity index (χ3v) is 3.53. The second kappa shape index (κ2) is 9.01. The number of hydrogen-bond acceptors (Lipinski definition) is 3. The summed E-state index contributed by atoms with van der Waals surface area (Å²) in [6.45, 7) is 3.67. The molecule has 0 heterocycles. The summed E-state index contributed by atoms with van der Waals surface area (Å²) in [5, 5.41) is 26.5. The van der Waals surface area contributed by atoms with Crippen LogP contribution in [0.3, 0.4) is 0 Å². The highest BCUT2D eigenvalue weighted by Gasteiger charge is 2.29. The Morgan fingerprint density at radius 2 is 1.94 bits per heavy atom. The summed E-state index contributed by atoms with van der Waals surface area (Å²) in [6.07, 6.45) is 2.64. The molecule has 3 N–H and O–H groups in total. The van der Waals surface area contributed by atoms with Crippen molar-refractivity contribution < 1.29 is 15.3 Å². The van der Waals surface area contributed by atoms with Crippen molar-refractivity contribution in [3.8, 4) is 0 Å². The Morgan fingerprint density at radius 1 is 1.35 bits per heavy atom. The topological polar surface area (TPSA) is 60.7 Å². The van der Waals surface area contributed by atoms with Crippen LogP contribution >= 0.6 is 0 Å². The van der Waals surface area contributed by atoms with Crippen LogP contribution in [0.2, 0.25) is 12.1 Å². The van der Waals surface area contributed by atoms with Gasteiger partial charge in [-0.2, -0.15) is 0 Å². The van der Waals surface area contributed by atoms with Gasteiger partial charge in [0.15, 0.2) is 0 Å². The van der Waals surface area contributed by atoms with Crippen LogP contribution in [0.1, 0.15) is 33.1 Å². The molecule has 1 saturated carbocycles. The Morgan fingerprint density at radius 3 is 2.06 bits per heavy atom. The minimum Gasteiger partial charge on any atom is -0.396 e. The predicted octanol–water partition coefficient (Wildman–Crippen LogP) is 0.687. The summed E-state index contributed by atoms with van der Waals surface area (Å²) in [5.74, 6) is 0.463. The Kier molecular flexibility index (Phi) is 9.01. The Bertz CT molecular complexity index is 177. The van der Waals surface area contributed by atoms with Gasteiger partial charge in [0, 0.05) is 12.5 Å². The first-order valence-electron chi connectivity index (χ1n) is 6.40. The fraction of sp³-hybridized carbons (Fsp3) is 1.00. The number of aliphatic hydroxyl groups excluding tert-OH is 3. The Balaban J connectivity index is 0.000000304.